The summed E-state index contributed by atoms with van der Waals surface area (Å²) >= 11 is 1.41. The number of carbonyl (C=O) groups excluding carboxylic acids is 1. The zero-order valence-electron chi connectivity index (χ0n) is 17.3. The van der Waals surface area contributed by atoms with Gasteiger partial charge in [-0.15, -0.1) is 11.3 Å². The minimum atomic E-state index is -0.262. The van der Waals surface area contributed by atoms with Crippen molar-refractivity contribution in [2.75, 3.05) is 0 Å². The number of hydrogen-bond acceptors (Lipinski definition) is 4. The fourth-order valence-electron chi connectivity index (χ4n) is 3.55. The summed E-state index contributed by atoms with van der Waals surface area (Å²) in [5.74, 6) is -0.378. The number of aryl methyl sites for hydroxylation is 1. The Hall–Kier alpha value is -3.78. The average Bonchev–Trinajstić information content (AvgIpc) is 3.54. The molecule has 32 heavy (non-hydrogen) atoms. The third kappa shape index (κ3) is 4.04. The number of aromatic nitrogens is 4. The normalized spacial score (nSPS) is 11.2. The number of nitrogens with one attached hydrogen (secondary N) is 1. The number of fused-ring (bicyclic) bond motifs is 1. The van der Waals surface area contributed by atoms with Crippen LogP contribution in [0.2, 0.25) is 0 Å². The third-order valence-corrected chi connectivity index (χ3v) is 6.38. The Kier molecular flexibility index (Phi) is 5.28. The molecular formula is C24H20FN5OS. The molecule has 0 atom stereocenters. The van der Waals surface area contributed by atoms with Gasteiger partial charge in [0.1, 0.15) is 10.6 Å². The van der Waals surface area contributed by atoms with Crippen LogP contribution in [-0.4, -0.2) is 25.5 Å². The molecule has 0 aliphatic heterocycles. The topological polar surface area (TPSA) is 64.7 Å². The molecule has 0 aliphatic rings. The second kappa shape index (κ2) is 8.39. The lowest BCUT2D eigenvalue weighted by atomic mass is 10.2. The summed E-state index contributed by atoms with van der Waals surface area (Å²) in [6.45, 7) is 2.89. The van der Waals surface area contributed by atoms with Gasteiger partial charge in [0.2, 0.25) is 0 Å². The molecular weight excluding hydrogens is 425 g/mol. The first-order valence-corrected chi connectivity index (χ1v) is 11.0. The number of halogens is 1. The highest BCUT2D eigenvalue weighted by atomic mass is 32.1. The second-order valence-electron chi connectivity index (χ2n) is 7.50. The van der Waals surface area contributed by atoms with Gasteiger partial charge in [0.25, 0.3) is 5.91 Å². The van der Waals surface area contributed by atoms with Gasteiger partial charge < -0.3 is 5.32 Å². The fourth-order valence-corrected chi connectivity index (χ4v) is 4.63. The van der Waals surface area contributed by atoms with Crippen LogP contribution >= 0.6 is 11.3 Å². The molecule has 5 aromatic rings. The molecule has 0 spiro atoms. The monoisotopic (exact) mass is 445 g/mol. The van der Waals surface area contributed by atoms with Gasteiger partial charge in [-0.3, -0.25) is 9.48 Å². The van der Waals surface area contributed by atoms with Crippen molar-refractivity contribution in [3.05, 3.63) is 101 Å². The Morgan fingerprint density at radius 1 is 1.09 bits per heavy atom. The van der Waals surface area contributed by atoms with E-state index in [1.165, 1.54) is 23.5 Å². The molecule has 1 N–H and O–H groups in total. The molecule has 0 bridgehead atoms. The summed E-state index contributed by atoms with van der Waals surface area (Å²) in [5.41, 5.74) is 3.80. The largest absolute Gasteiger partial charge is 0.347 e. The number of carbonyl (C=O) groups is 1. The molecule has 1 amide bonds. The molecule has 0 saturated heterocycles. The molecule has 0 radical (unpaired) electrons. The van der Waals surface area contributed by atoms with E-state index in [1.807, 2.05) is 54.2 Å². The summed E-state index contributed by atoms with van der Waals surface area (Å²) < 4.78 is 16.8. The lowest BCUT2D eigenvalue weighted by molar-refractivity contribution is 0.0955. The van der Waals surface area contributed by atoms with Crippen LogP contribution in [0.25, 0.3) is 15.9 Å². The Morgan fingerprint density at radius 2 is 1.84 bits per heavy atom. The van der Waals surface area contributed by atoms with Gasteiger partial charge in [0.05, 0.1) is 22.8 Å². The molecule has 8 heteroatoms. The van der Waals surface area contributed by atoms with Crippen molar-refractivity contribution in [1.29, 1.82) is 0 Å². The zero-order chi connectivity index (χ0) is 22.1. The van der Waals surface area contributed by atoms with Crippen molar-refractivity contribution in [1.82, 2.24) is 24.9 Å². The van der Waals surface area contributed by atoms with E-state index in [4.69, 9.17) is 0 Å². The quantitative estimate of drug-likeness (QED) is 0.412. The number of benzene rings is 2. The molecule has 0 aliphatic carbocycles. The highest BCUT2D eigenvalue weighted by Crippen LogP contribution is 2.29. The number of thiophene rings is 1. The Morgan fingerprint density at radius 3 is 2.56 bits per heavy atom. The van der Waals surface area contributed by atoms with Gasteiger partial charge in [-0.25, -0.2) is 9.07 Å². The van der Waals surface area contributed by atoms with E-state index in [-0.39, 0.29) is 11.7 Å². The van der Waals surface area contributed by atoms with E-state index in [9.17, 15) is 9.18 Å². The SMILES string of the molecule is Cc1nn(Cc2ccc(F)cc2)c2sc(C(=O)NCc3ccc(-n4cccn4)cc3)cc12. The van der Waals surface area contributed by atoms with E-state index >= 15 is 0 Å². The van der Waals surface area contributed by atoms with Crippen LogP contribution in [0, 0.1) is 12.7 Å². The van der Waals surface area contributed by atoms with Crippen LogP contribution < -0.4 is 5.32 Å². The zero-order valence-corrected chi connectivity index (χ0v) is 18.1. The number of nitrogens with zero attached hydrogens (tertiary/aromatic N) is 4. The van der Waals surface area contributed by atoms with Crippen molar-refractivity contribution in [2.24, 2.45) is 0 Å². The van der Waals surface area contributed by atoms with Crippen LogP contribution in [0.3, 0.4) is 0 Å². The van der Waals surface area contributed by atoms with Crippen molar-refractivity contribution >= 4 is 27.5 Å². The number of amides is 1. The van der Waals surface area contributed by atoms with Crippen LogP contribution in [0.4, 0.5) is 4.39 Å². The maximum absolute atomic E-state index is 13.2. The third-order valence-electron chi connectivity index (χ3n) is 5.24. The van der Waals surface area contributed by atoms with Gasteiger partial charge in [0, 0.05) is 24.3 Å². The first kappa shape index (κ1) is 20.1. The highest BCUT2D eigenvalue weighted by molar-refractivity contribution is 7.20. The Balaban J connectivity index is 1.29. The Labute approximate surface area is 187 Å². The molecule has 0 saturated carbocycles. The average molecular weight is 446 g/mol. The lowest BCUT2D eigenvalue weighted by Crippen LogP contribution is -2.21. The minimum Gasteiger partial charge on any atom is -0.347 e. The maximum atomic E-state index is 13.2. The summed E-state index contributed by atoms with van der Waals surface area (Å²) in [7, 11) is 0. The van der Waals surface area contributed by atoms with Gasteiger partial charge in [-0.05, 0) is 54.4 Å². The van der Waals surface area contributed by atoms with Crippen molar-refractivity contribution in [3.8, 4) is 5.69 Å². The molecule has 0 fully saturated rings. The molecule has 6 nitrogen and oxygen atoms in total. The molecule has 3 heterocycles. The molecule has 0 unspecified atom stereocenters. The van der Waals surface area contributed by atoms with Crippen molar-refractivity contribution < 1.29 is 9.18 Å². The van der Waals surface area contributed by atoms with E-state index in [2.05, 4.69) is 15.5 Å². The predicted octanol–water partition coefficient (Wildman–Crippen LogP) is 4.71. The van der Waals surface area contributed by atoms with Gasteiger partial charge in [0.15, 0.2) is 0 Å². The smallest absolute Gasteiger partial charge is 0.261 e. The van der Waals surface area contributed by atoms with Crippen LogP contribution in [0.1, 0.15) is 26.5 Å². The summed E-state index contributed by atoms with van der Waals surface area (Å²) in [5, 5.41) is 12.8. The minimum absolute atomic E-state index is 0.116. The van der Waals surface area contributed by atoms with Crippen molar-refractivity contribution in [3.63, 3.8) is 0 Å². The molecule has 2 aromatic carbocycles. The number of rotatable bonds is 6. The lowest BCUT2D eigenvalue weighted by Gasteiger charge is -2.06. The molecule has 5 rings (SSSR count). The second-order valence-corrected chi connectivity index (χ2v) is 8.53. The van der Waals surface area contributed by atoms with Crippen LogP contribution in [0.5, 0.6) is 0 Å². The summed E-state index contributed by atoms with van der Waals surface area (Å²) in [6.07, 6.45) is 3.62. The number of hydrogen-bond donors (Lipinski definition) is 1. The van der Waals surface area contributed by atoms with Crippen LogP contribution in [-0.2, 0) is 13.1 Å². The fraction of sp³-hybridized carbons (Fsp3) is 0.125. The van der Waals surface area contributed by atoms with Crippen LogP contribution in [0.15, 0.2) is 73.1 Å². The summed E-state index contributed by atoms with van der Waals surface area (Å²) in [6, 6.07) is 18.0. The maximum Gasteiger partial charge on any atom is 0.261 e. The van der Waals surface area contributed by atoms with E-state index in [0.29, 0.717) is 18.0 Å². The molecule has 3 aromatic heterocycles. The van der Waals surface area contributed by atoms with E-state index in [1.54, 1.807) is 23.0 Å². The summed E-state index contributed by atoms with van der Waals surface area (Å²) in [4.78, 5) is 14.3. The standard InChI is InChI=1S/C24H20FN5OS/c1-16-21-13-22(32-24(21)30(28-16)15-18-3-7-19(25)8-4-18)23(31)26-14-17-5-9-20(10-6-17)29-12-2-11-27-29/h2-13H,14-15H2,1H3,(H,26,31). The van der Waals surface area contributed by atoms with Crippen molar-refractivity contribution in [2.45, 2.75) is 20.0 Å². The Bertz CT molecular complexity index is 1370. The predicted molar refractivity (Wildman–Crippen MR) is 123 cm³/mol. The first-order chi connectivity index (χ1) is 15.6. The molecule has 160 valence electrons. The first-order valence-electron chi connectivity index (χ1n) is 10.2. The van der Waals surface area contributed by atoms with Gasteiger partial charge >= 0.3 is 0 Å². The van der Waals surface area contributed by atoms with E-state index in [0.717, 1.165) is 32.7 Å². The highest BCUT2D eigenvalue weighted by Gasteiger charge is 2.16. The van der Waals surface area contributed by atoms with E-state index < -0.39 is 0 Å². The van der Waals surface area contributed by atoms with Gasteiger partial charge in [-0.2, -0.15) is 10.2 Å². The van der Waals surface area contributed by atoms with Gasteiger partial charge in [-0.1, -0.05) is 24.3 Å².